The zero-order valence-electron chi connectivity index (χ0n) is 17.5. The lowest BCUT2D eigenvalue weighted by molar-refractivity contribution is -0.705. The molecule has 3 aromatic rings. The van der Waals surface area contributed by atoms with Gasteiger partial charge in [-0.15, -0.1) is 11.3 Å². The maximum absolute atomic E-state index is 12.7. The fraction of sp³-hybridized carbons (Fsp3) is 0.333. The van der Waals surface area contributed by atoms with Crippen LogP contribution < -0.4 is 19.8 Å². The monoisotopic (exact) mass is 475 g/mol. The SMILES string of the molecule is COC(=O)c1c(NC(=O)CSc2c([O-])on[n+]2-c2ccc(OC)cc2)sc2c1CCCC2. The minimum Gasteiger partial charge on any atom is -0.538 e. The number of rotatable bonds is 7. The van der Waals surface area contributed by atoms with Crippen molar-refractivity contribution in [2.45, 2.75) is 30.7 Å². The number of hydrogen-bond donors (Lipinski definition) is 1. The van der Waals surface area contributed by atoms with Crippen molar-refractivity contribution in [3.05, 3.63) is 40.3 Å². The average molecular weight is 476 g/mol. The van der Waals surface area contributed by atoms with Crippen LogP contribution in [0.3, 0.4) is 0 Å². The normalized spacial score (nSPS) is 12.8. The van der Waals surface area contributed by atoms with Crippen LogP contribution in [0, 0.1) is 0 Å². The summed E-state index contributed by atoms with van der Waals surface area (Å²) in [6, 6.07) is 6.92. The summed E-state index contributed by atoms with van der Waals surface area (Å²) in [5.41, 5.74) is 2.00. The van der Waals surface area contributed by atoms with Gasteiger partial charge in [0.2, 0.25) is 11.6 Å². The molecule has 1 aliphatic carbocycles. The molecule has 0 unspecified atom stereocenters. The number of fused-ring (bicyclic) bond motifs is 1. The van der Waals surface area contributed by atoms with Crippen LogP contribution in [-0.2, 0) is 22.4 Å². The van der Waals surface area contributed by atoms with Crippen molar-refractivity contribution >= 4 is 40.0 Å². The van der Waals surface area contributed by atoms with Gasteiger partial charge in [0.05, 0.1) is 30.8 Å². The Morgan fingerprint density at radius 3 is 2.72 bits per heavy atom. The van der Waals surface area contributed by atoms with Gasteiger partial charge >= 0.3 is 5.97 Å². The highest BCUT2D eigenvalue weighted by molar-refractivity contribution is 7.99. The van der Waals surface area contributed by atoms with Crippen LogP contribution in [0.5, 0.6) is 11.7 Å². The smallest absolute Gasteiger partial charge is 0.341 e. The van der Waals surface area contributed by atoms with E-state index in [-0.39, 0.29) is 16.7 Å². The van der Waals surface area contributed by atoms with Crippen molar-refractivity contribution in [1.82, 2.24) is 5.27 Å². The molecule has 0 bridgehead atoms. The summed E-state index contributed by atoms with van der Waals surface area (Å²) in [6.07, 6.45) is 3.74. The number of nitrogens with one attached hydrogen (secondary N) is 1. The summed E-state index contributed by atoms with van der Waals surface area (Å²) < 4.78 is 16.2. The Morgan fingerprint density at radius 2 is 2.00 bits per heavy atom. The van der Waals surface area contributed by atoms with Crippen molar-refractivity contribution in [3.8, 4) is 17.4 Å². The van der Waals surface area contributed by atoms with Crippen LogP contribution in [0.25, 0.3) is 5.69 Å². The summed E-state index contributed by atoms with van der Waals surface area (Å²) >= 11 is 2.42. The van der Waals surface area contributed by atoms with Crippen LogP contribution in [0.4, 0.5) is 5.00 Å². The molecule has 2 aromatic heterocycles. The largest absolute Gasteiger partial charge is 0.538 e. The van der Waals surface area contributed by atoms with Crippen LogP contribution in [0.15, 0.2) is 33.8 Å². The zero-order chi connectivity index (χ0) is 22.7. The van der Waals surface area contributed by atoms with Crippen LogP contribution in [-0.4, -0.2) is 37.1 Å². The predicted molar refractivity (Wildman–Crippen MR) is 116 cm³/mol. The molecule has 1 N–H and O–H groups in total. The molecule has 2 heterocycles. The third-order valence-corrected chi connectivity index (χ3v) is 7.27. The van der Waals surface area contributed by atoms with E-state index in [4.69, 9.17) is 14.0 Å². The number of carbonyl (C=O) groups excluding carboxylic acids is 2. The molecule has 0 aliphatic heterocycles. The van der Waals surface area contributed by atoms with E-state index in [1.807, 2.05) is 0 Å². The zero-order valence-corrected chi connectivity index (χ0v) is 19.1. The topological polar surface area (TPSA) is 118 Å². The highest BCUT2D eigenvalue weighted by atomic mass is 32.2. The van der Waals surface area contributed by atoms with Gasteiger partial charge in [-0.2, -0.15) is 0 Å². The summed E-state index contributed by atoms with van der Waals surface area (Å²) in [5, 5.41) is 19.4. The molecule has 4 rings (SSSR count). The Balaban J connectivity index is 1.49. The molecule has 1 aromatic carbocycles. The van der Waals surface area contributed by atoms with Gasteiger partial charge in [0, 0.05) is 17.0 Å². The first-order valence-corrected chi connectivity index (χ1v) is 11.7. The van der Waals surface area contributed by atoms with Gasteiger partial charge in [-0.1, -0.05) is 0 Å². The molecular formula is C21H21N3O6S2. The van der Waals surface area contributed by atoms with E-state index in [1.54, 1.807) is 31.4 Å². The second kappa shape index (κ2) is 9.61. The summed E-state index contributed by atoms with van der Waals surface area (Å²) in [4.78, 5) is 26.1. The second-order valence-corrected chi connectivity index (χ2v) is 9.09. The summed E-state index contributed by atoms with van der Waals surface area (Å²) in [6.45, 7) is 0. The molecule has 0 saturated heterocycles. The highest BCUT2D eigenvalue weighted by Gasteiger charge is 2.28. The van der Waals surface area contributed by atoms with Crippen LogP contribution in [0.1, 0.15) is 33.6 Å². The lowest BCUT2D eigenvalue weighted by Gasteiger charge is -2.11. The number of esters is 1. The molecular weight excluding hydrogens is 454 g/mol. The number of aromatic nitrogens is 2. The Morgan fingerprint density at radius 1 is 1.25 bits per heavy atom. The lowest BCUT2D eigenvalue weighted by atomic mass is 9.95. The van der Waals surface area contributed by atoms with Crippen molar-refractivity contribution in [2.24, 2.45) is 0 Å². The molecule has 1 amide bonds. The van der Waals surface area contributed by atoms with Crippen molar-refractivity contribution in [1.29, 1.82) is 0 Å². The maximum atomic E-state index is 12.7. The summed E-state index contributed by atoms with van der Waals surface area (Å²) in [7, 11) is 2.89. The predicted octanol–water partition coefficient (Wildman–Crippen LogP) is 2.49. The number of amides is 1. The minimum atomic E-state index is -0.638. The number of thiophene rings is 1. The molecule has 9 nitrogen and oxygen atoms in total. The van der Waals surface area contributed by atoms with Gasteiger partial charge in [0.1, 0.15) is 10.8 Å². The number of methoxy groups -OCH3 is 2. The van der Waals surface area contributed by atoms with Crippen molar-refractivity contribution in [2.75, 3.05) is 25.3 Å². The highest BCUT2D eigenvalue weighted by Crippen LogP contribution is 2.38. The number of ether oxygens (including phenoxy) is 2. The second-order valence-electron chi connectivity index (χ2n) is 7.02. The van der Waals surface area contributed by atoms with Crippen LogP contribution >= 0.6 is 23.1 Å². The molecule has 0 radical (unpaired) electrons. The first kappa shape index (κ1) is 22.2. The number of thioether (sulfide) groups is 1. The summed E-state index contributed by atoms with van der Waals surface area (Å²) in [5.74, 6) is -0.837. The fourth-order valence-electron chi connectivity index (χ4n) is 3.52. The number of aryl methyl sites for hydroxylation is 1. The average Bonchev–Trinajstić information content (AvgIpc) is 3.36. The fourth-order valence-corrected chi connectivity index (χ4v) is 5.57. The van der Waals surface area contributed by atoms with Gasteiger partial charge in [-0.05, 0) is 59.8 Å². The first-order valence-electron chi connectivity index (χ1n) is 9.90. The quantitative estimate of drug-likeness (QED) is 0.315. The lowest BCUT2D eigenvalue weighted by Crippen LogP contribution is -2.35. The number of hydrogen-bond acceptors (Lipinski definition) is 9. The molecule has 0 fully saturated rings. The number of carbonyl (C=O) groups is 2. The third kappa shape index (κ3) is 4.44. The Hall–Kier alpha value is -3.05. The van der Waals surface area contributed by atoms with Crippen LogP contribution in [0.2, 0.25) is 0 Å². The van der Waals surface area contributed by atoms with Gasteiger partial charge < -0.3 is 24.4 Å². The molecule has 32 heavy (non-hydrogen) atoms. The Bertz CT molecular complexity index is 1140. The van der Waals surface area contributed by atoms with Gasteiger partial charge in [-0.25, -0.2) is 4.79 Å². The first-order chi connectivity index (χ1) is 15.5. The number of anilines is 1. The Kier molecular flexibility index (Phi) is 6.66. The number of nitrogens with zero attached hydrogens (tertiary/aromatic N) is 2. The minimum absolute atomic E-state index is 0.0597. The van der Waals surface area contributed by atoms with E-state index in [9.17, 15) is 14.7 Å². The van der Waals surface area contributed by atoms with Crippen molar-refractivity contribution < 1.29 is 33.4 Å². The van der Waals surface area contributed by atoms with E-state index >= 15 is 0 Å². The molecule has 0 spiro atoms. The van der Waals surface area contributed by atoms with E-state index < -0.39 is 11.9 Å². The van der Waals surface area contributed by atoms with E-state index in [1.165, 1.54) is 23.1 Å². The standard InChI is InChI=1S/C21H21N3O6S2/c1-28-13-9-7-12(8-10-13)24-19(21(27)30-23-24)31-11-16(25)22-18-17(20(26)29-2)14-5-3-4-6-15(14)32-18/h7-10H,3-6,11H2,1-2H3,(H-,22,23,25,26,27). The van der Waals surface area contributed by atoms with E-state index in [0.29, 0.717) is 22.0 Å². The number of benzene rings is 1. The van der Waals surface area contributed by atoms with Gasteiger partial charge in [0.15, 0.2) is 5.95 Å². The maximum Gasteiger partial charge on any atom is 0.341 e. The molecule has 11 heteroatoms. The molecule has 1 aliphatic rings. The molecule has 0 saturated carbocycles. The van der Waals surface area contributed by atoms with E-state index in [0.717, 1.165) is 47.9 Å². The molecule has 0 atom stereocenters. The molecule has 168 valence electrons. The van der Waals surface area contributed by atoms with Gasteiger partial charge in [0.25, 0.3) is 5.03 Å². The third-order valence-electron chi connectivity index (χ3n) is 5.04. The Labute approximate surface area is 192 Å². The van der Waals surface area contributed by atoms with Crippen molar-refractivity contribution in [3.63, 3.8) is 0 Å². The van der Waals surface area contributed by atoms with Gasteiger partial charge in [-0.3, -0.25) is 4.79 Å². The van der Waals surface area contributed by atoms with E-state index in [2.05, 4.69) is 10.6 Å².